The van der Waals surface area contributed by atoms with Crippen molar-refractivity contribution in [2.45, 2.75) is 18.7 Å². The molecule has 0 heterocycles. The highest BCUT2D eigenvalue weighted by atomic mass is 32.2. The van der Waals surface area contributed by atoms with Gasteiger partial charge in [-0.1, -0.05) is 18.2 Å². The van der Waals surface area contributed by atoms with Gasteiger partial charge in [-0.2, -0.15) is 0 Å². The van der Waals surface area contributed by atoms with Gasteiger partial charge in [0.05, 0.1) is 13.2 Å². The molecule has 112 valence electrons. The molecule has 0 bridgehead atoms. The predicted octanol–water partition coefficient (Wildman–Crippen LogP) is 4.15. The largest absolute Gasteiger partial charge is 0.490 e. The number of nitrogens with two attached hydrogens (primary N) is 1. The van der Waals surface area contributed by atoms with E-state index in [-0.39, 0.29) is 0 Å². The van der Waals surface area contributed by atoms with Gasteiger partial charge in [-0.05, 0) is 43.7 Å². The molecule has 0 aliphatic carbocycles. The highest BCUT2D eigenvalue weighted by Crippen LogP contribution is 2.28. The average Bonchev–Trinajstić information content (AvgIpc) is 2.49. The van der Waals surface area contributed by atoms with Gasteiger partial charge < -0.3 is 15.2 Å². The van der Waals surface area contributed by atoms with Crippen molar-refractivity contribution in [2.24, 2.45) is 0 Å². The molecule has 4 heteroatoms. The zero-order valence-corrected chi connectivity index (χ0v) is 13.3. The average molecular weight is 303 g/mol. The lowest BCUT2D eigenvalue weighted by atomic mass is 10.2. The Morgan fingerprint density at radius 1 is 1.05 bits per heavy atom. The summed E-state index contributed by atoms with van der Waals surface area (Å²) >= 11 is 1.75. The van der Waals surface area contributed by atoms with E-state index in [1.165, 1.54) is 10.5 Å². The summed E-state index contributed by atoms with van der Waals surface area (Å²) in [6.07, 6.45) is 0. The van der Waals surface area contributed by atoms with E-state index < -0.39 is 0 Å². The summed E-state index contributed by atoms with van der Waals surface area (Å²) in [5.74, 6) is 2.46. The van der Waals surface area contributed by atoms with Gasteiger partial charge in [0.15, 0.2) is 11.5 Å². The number of para-hydroxylation sites is 2. The molecule has 0 unspecified atom stereocenters. The minimum Gasteiger partial charge on any atom is -0.490 e. The van der Waals surface area contributed by atoms with E-state index in [1.807, 2.05) is 49.4 Å². The Labute approximate surface area is 130 Å². The zero-order chi connectivity index (χ0) is 15.1. The lowest BCUT2D eigenvalue weighted by Crippen LogP contribution is -2.03. The van der Waals surface area contributed by atoms with Gasteiger partial charge in [-0.3, -0.25) is 0 Å². The van der Waals surface area contributed by atoms with Crippen molar-refractivity contribution >= 4 is 17.4 Å². The summed E-state index contributed by atoms with van der Waals surface area (Å²) in [6, 6.07) is 13.7. The first-order valence-corrected chi connectivity index (χ1v) is 8.03. The molecule has 2 aromatic carbocycles. The normalized spacial score (nSPS) is 10.4. The number of thioether (sulfide) groups is 1. The highest BCUT2D eigenvalue weighted by Gasteiger charge is 2.04. The van der Waals surface area contributed by atoms with Crippen LogP contribution in [0, 0.1) is 6.92 Å². The van der Waals surface area contributed by atoms with Crippen LogP contribution in [0.1, 0.15) is 12.5 Å². The summed E-state index contributed by atoms with van der Waals surface area (Å²) in [6.45, 7) is 5.32. The lowest BCUT2D eigenvalue weighted by Gasteiger charge is -2.12. The molecule has 21 heavy (non-hydrogen) atoms. The van der Waals surface area contributed by atoms with Crippen molar-refractivity contribution in [3.8, 4) is 11.5 Å². The standard InChI is InChI=1S/C17H21NO2S/c1-3-19-15-6-4-5-7-16(15)20-10-11-21-17-12-14(18)9-8-13(17)2/h4-9,12H,3,10-11,18H2,1-2H3. The monoisotopic (exact) mass is 303 g/mol. The van der Waals surface area contributed by atoms with E-state index in [1.54, 1.807) is 11.8 Å². The summed E-state index contributed by atoms with van der Waals surface area (Å²) < 4.78 is 11.3. The van der Waals surface area contributed by atoms with Gasteiger partial charge in [0.1, 0.15) is 0 Å². The van der Waals surface area contributed by atoms with Crippen molar-refractivity contribution in [3.05, 3.63) is 48.0 Å². The van der Waals surface area contributed by atoms with E-state index in [4.69, 9.17) is 15.2 Å². The molecule has 0 saturated carbocycles. The van der Waals surface area contributed by atoms with Crippen LogP contribution in [-0.2, 0) is 0 Å². The molecule has 0 amide bonds. The number of nitrogen functional groups attached to an aromatic ring is 1. The van der Waals surface area contributed by atoms with Gasteiger partial charge in [-0.25, -0.2) is 0 Å². The summed E-state index contributed by atoms with van der Waals surface area (Å²) in [5, 5.41) is 0. The molecule has 0 aliphatic heterocycles. The Balaban J connectivity index is 1.86. The van der Waals surface area contributed by atoms with Crippen molar-refractivity contribution < 1.29 is 9.47 Å². The molecular formula is C17H21NO2S. The molecule has 2 rings (SSSR count). The first kappa shape index (κ1) is 15.6. The van der Waals surface area contributed by atoms with Crippen LogP contribution in [0.25, 0.3) is 0 Å². The Kier molecular flexibility index (Phi) is 5.81. The first-order valence-electron chi connectivity index (χ1n) is 7.04. The number of rotatable bonds is 7. The molecule has 0 aromatic heterocycles. The van der Waals surface area contributed by atoms with Crippen LogP contribution in [-0.4, -0.2) is 19.0 Å². The molecule has 0 saturated heterocycles. The van der Waals surface area contributed by atoms with Crippen LogP contribution in [0.4, 0.5) is 5.69 Å². The fraction of sp³-hybridized carbons (Fsp3) is 0.294. The molecule has 2 aromatic rings. The third-order valence-electron chi connectivity index (χ3n) is 2.96. The van der Waals surface area contributed by atoms with Crippen LogP contribution in [0.15, 0.2) is 47.4 Å². The molecule has 0 spiro atoms. The number of ether oxygens (including phenoxy) is 2. The number of anilines is 1. The van der Waals surface area contributed by atoms with Gasteiger partial charge in [-0.15, -0.1) is 11.8 Å². The number of hydrogen-bond acceptors (Lipinski definition) is 4. The van der Waals surface area contributed by atoms with E-state index in [0.29, 0.717) is 13.2 Å². The van der Waals surface area contributed by atoms with E-state index in [9.17, 15) is 0 Å². The molecule has 0 aliphatic rings. The molecule has 0 atom stereocenters. The Bertz CT molecular complexity index is 587. The zero-order valence-electron chi connectivity index (χ0n) is 12.5. The van der Waals surface area contributed by atoms with Crippen LogP contribution >= 0.6 is 11.8 Å². The fourth-order valence-corrected chi connectivity index (χ4v) is 2.82. The second-order valence-electron chi connectivity index (χ2n) is 4.60. The predicted molar refractivity (Wildman–Crippen MR) is 89.4 cm³/mol. The molecule has 3 nitrogen and oxygen atoms in total. The number of benzene rings is 2. The van der Waals surface area contributed by atoms with E-state index in [0.717, 1.165) is 22.9 Å². The fourth-order valence-electron chi connectivity index (χ4n) is 1.92. The molecular weight excluding hydrogens is 282 g/mol. The summed E-state index contributed by atoms with van der Waals surface area (Å²) in [4.78, 5) is 1.21. The van der Waals surface area contributed by atoms with Gasteiger partial charge in [0.25, 0.3) is 0 Å². The summed E-state index contributed by atoms with van der Waals surface area (Å²) in [7, 11) is 0. The maximum atomic E-state index is 5.81. The first-order chi connectivity index (χ1) is 10.2. The third kappa shape index (κ3) is 4.60. The summed E-state index contributed by atoms with van der Waals surface area (Å²) in [5.41, 5.74) is 7.85. The van der Waals surface area contributed by atoms with Gasteiger partial charge in [0.2, 0.25) is 0 Å². The second-order valence-corrected chi connectivity index (χ2v) is 5.74. The molecule has 0 fully saturated rings. The second kappa shape index (κ2) is 7.84. The number of hydrogen-bond donors (Lipinski definition) is 1. The van der Waals surface area contributed by atoms with Crippen molar-refractivity contribution in [3.63, 3.8) is 0 Å². The van der Waals surface area contributed by atoms with Crippen LogP contribution in [0.3, 0.4) is 0 Å². The van der Waals surface area contributed by atoms with Gasteiger partial charge in [0, 0.05) is 16.3 Å². The van der Waals surface area contributed by atoms with Crippen LogP contribution in [0.5, 0.6) is 11.5 Å². The smallest absolute Gasteiger partial charge is 0.161 e. The van der Waals surface area contributed by atoms with E-state index in [2.05, 4.69) is 6.92 Å². The van der Waals surface area contributed by atoms with Crippen LogP contribution in [0.2, 0.25) is 0 Å². The Hall–Kier alpha value is -1.81. The lowest BCUT2D eigenvalue weighted by molar-refractivity contribution is 0.289. The third-order valence-corrected chi connectivity index (χ3v) is 4.08. The molecule has 0 radical (unpaired) electrons. The maximum absolute atomic E-state index is 5.81. The highest BCUT2D eigenvalue weighted by molar-refractivity contribution is 7.99. The van der Waals surface area contributed by atoms with Crippen molar-refractivity contribution in [2.75, 3.05) is 24.7 Å². The topological polar surface area (TPSA) is 44.5 Å². The quantitative estimate of drug-likeness (QED) is 0.474. The van der Waals surface area contributed by atoms with E-state index >= 15 is 0 Å². The SMILES string of the molecule is CCOc1ccccc1OCCSc1cc(N)ccc1C. The minimum absolute atomic E-state index is 0.628. The maximum Gasteiger partial charge on any atom is 0.161 e. The van der Waals surface area contributed by atoms with Crippen LogP contribution < -0.4 is 15.2 Å². The van der Waals surface area contributed by atoms with Crippen molar-refractivity contribution in [1.82, 2.24) is 0 Å². The number of aryl methyl sites for hydroxylation is 1. The van der Waals surface area contributed by atoms with Gasteiger partial charge >= 0.3 is 0 Å². The Morgan fingerprint density at radius 2 is 1.76 bits per heavy atom. The Morgan fingerprint density at radius 3 is 2.48 bits per heavy atom. The van der Waals surface area contributed by atoms with Crippen molar-refractivity contribution in [1.29, 1.82) is 0 Å². The molecule has 2 N–H and O–H groups in total. The minimum atomic E-state index is 0.628.